The summed E-state index contributed by atoms with van der Waals surface area (Å²) in [6, 6.07) is 3.88. The second kappa shape index (κ2) is 5.25. The van der Waals surface area contributed by atoms with Crippen molar-refractivity contribution in [2.45, 2.75) is 29.9 Å². The summed E-state index contributed by atoms with van der Waals surface area (Å²) in [5, 5.41) is 0.728. The number of nitrogens with two attached hydrogens (primary N) is 1. The molecule has 2 aromatic rings. The van der Waals surface area contributed by atoms with E-state index in [4.69, 9.17) is 5.73 Å². The Bertz CT molecular complexity index is 479. The zero-order chi connectivity index (χ0) is 12.3. The lowest BCUT2D eigenvalue weighted by molar-refractivity contribution is 0.777. The summed E-state index contributed by atoms with van der Waals surface area (Å²) >= 11 is 1.49. The average molecular weight is 246 g/mol. The minimum Gasteiger partial charge on any atom is -0.323 e. The molecular formula is C12H14N4S. The third-order valence-electron chi connectivity index (χ3n) is 2.19. The van der Waals surface area contributed by atoms with Gasteiger partial charge >= 0.3 is 0 Å². The van der Waals surface area contributed by atoms with Crippen molar-refractivity contribution in [3.63, 3.8) is 0 Å². The second-order valence-electron chi connectivity index (χ2n) is 3.85. The summed E-state index contributed by atoms with van der Waals surface area (Å²) in [6.07, 6.45) is 5.41. The first kappa shape index (κ1) is 12.0. The van der Waals surface area contributed by atoms with E-state index in [0.717, 1.165) is 21.3 Å². The maximum Gasteiger partial charge on any atom is 0.192 e. The van der Waals surface area contributed by atoms with Crippen molar-refractivity contribution in [1.29, 1.82) is 0 Å². The molecule has 0 aliphatic carbocycles. The van der Waals surface area contributed by atoms with E-state index in [1.54, 1.807) is 18.6 Å². The van der Waals surface area contributed by atoms with E-state index in [-0.39, 0.29) is 6.04 Å². The van der Waals surface area contributed by atoms with Crippen molar-refractivity contribution in [3.8, 4) is 0 Å². The lowest BCUT2D eigenvalue weighted by atomic mass is 10.2. The second-order valence-corrected chi connectivity index (χ2v) is 4.89. The molecule has 1 unspecified atom stereocenters. The topological polar surface area (TPSA) is 64.7 Å². The molecule has 0 aliphatic heterocycles. The van der Waals surface area contributed by atoms with E-state index in [0.29, 0.717) is 0 Å². The zero-order valence-corrected chi connectivity index (χ0v) is 10.6. The molecule has 5 heteroatoms. The Kier molecular flexibility index (Phi) is 3.71. The van der Waals surface area contributed by atoms with Gasteiger partial charge in [-0.05, 0) is 43.3 Å². The minimum atomic E-state index is -0.0373. The highest BCUT2D eigenvalue weighted by Crippen LogP contribution is 2.23. The Labute approximate surface area is 105 Å². The van der Waals surface area contributed by atoms with Crippen molar-refractivity contribution in [2.24, 2.45) is 5.73 Å². The molecule has 2 rings (SSSR count). The lowest BCUT2D eigenvalue weighted by Gasteiger charge is -2.05. The molecule has 17 heavy (non-hydrogen) atoms. The van der Waals surface area contributed by atoms with Crippen LogP contribution in [0.25, 0.3) is 0 Å². The Morgan fingerprint density at radius 1 is 1.12 bits per heavy atom. The number of aryl methyl sites for hydroxylation is 1. The first-order valence-electron chi connectivity index (χ1n) is 5.33. The Hall–Kier alpha value is -1.46. The fourth-order valence-corrected chi connectivity index (χ4v) is 1.92. The van der Waals surface area contributed by atoms with Gasteiger partial charge in [0.25, 0.3) is 0 Å². The molecule has 0 fully saturated rings. The third-order valence-corrected chi connectivity index (χ3v) is 3.06. The molecule has 2 aromatic heterocycles. The molecule has 88 valence electrons. The Morgan fingerprint density at radius 3 is 2.35 bits per heavy atom. The molecule has 0 aliphatic rings. The fraction of sp³-hybridized carbons (Fsp3) is 0.250. The molecular weight excluding hydrogens is 232 g/mol. The van der Waals surface area contributed by atoms with Gasteiger partial charge in [-0.1, -0.05) is 0 Å². The van der Waals surface area contributed by atoms with E-state index in [1.165, 1.54) is 11.8 Å². The Morgan fingerprint density at radius 2 is 1.82 bits per heavy atom. The summed E-state index contributed by atoms with van der Waals surface area (Å²) in [7, 11) is 0. The van der Waals surface area contributed by atoms with Gasteiger partial charge in [-0.3, -0.25) is 4.98 Å². The van der Waals surface area contributed by atoms with Crippen LogP contribution in [0.1, 0.15) is 24.2 Å². The summed E-state index contributed by atoms with van der Waals surface area (Å²) in [4.78, 5) is 13.8. The lowest BCUT2D eigenvalue weighted by Crippen LogP contribution is -2.06. The van der Waals surface area contributed by atoms with E-state index >= 15 is 0 Å². The molecule has 0 aromatic carbocycles. The van der Waals surface area contributed by atoms with Gasteiger partial charge in [-0.15, -0.1) is 0 Å². The first-order chi connectivity index (χ1) is 8.15. The van der Waals surface area contributed by atoms with Gasteiger partial charge in [0.15, 0.2) is 5.16 Å². The van der Waals surface area contributed by atoms with Gasteiger partial charge in [0.2, 0.25) is 0 Å². The van der Waals surface area contributed by atoms with Gasteiger partial charge in [0.1, 0.15) is 0 Å². The number of nitrogens with zero attached hydrogens (tertiary/aromatic N) is 3. The fourth-order valence-electron chi connectivity index (χ4n) is 1.26. The van der Waals surface area contributed by atoms with Gasteiger partial charge in [0.05, 0.1) is 5.69 Å². The Balaban J connectivity index is 2.11. The van der Waals surface area contributed by atoms with Crippen molar-refractivity contribution in [1.82, 2.24) is 15.0 Å². The van der Waals surface area contributed by atoms with Crippen LogP contribution < -0.4 is 5.73 Å². The number of pyridine rings is 1. The molecule has 0 bridgehead atoms. The highest BCUT2D eigenvalue weighted by atomic mass is 32.2. The van der Waals surface area contributed by atoms with Crippen LogP contribution in [0, 0.1) is 6.92 Å². The van der Waals surface area contributed by atoms with Crippen LogP contribution in [0.5, 0.6) is 0 Å². The average Bonchev–Trinajstić information content (AvgIpc) is 2.33. The van der Waals surface area contributed by atoms with Gasteiger partial charge in [0, 0.05) is 29.5 Å². The smallest absolute Gasteiger partial charge is 0.192 e. The van der Waals surface area contributed by atoms with Crippen LogP contribution in [-0.2, 0) is 0 Å². The van der Waals surface area contributed by atoms with Crippen LogP contribution in [0.4, 0.5) is 0 Å². The van der Waals surface area contributed by atoms with Crippen LogP contribution >= 0.6 is 11.8 Å². The van der Waals surface area contributed by atoms with Crippen LogP contribution in [0.2, 0.25) is 0 Å². The summed E-state index contributed by atoms with van der Waals surface area (Å²) < 4.78 is 0. The monoisotopic (exact) mass is 246 g/mol. The van der Waals surface area contributed by atoms with Crippen molar-refractivity contribution < 1.29 is 0 Å². The molecule has 1 atom stereocenters. The maximum atomic E-state index is 5.74. The van der Waals surface area contributed by atoms with Crippen LogP contribution in [0.15, 0.2) is 40.8 Å². The SMILES string of the molecule is Cc1cnc(Sc2ccc(C(C)N)nc2)nc1. The molecule has 0 saturated carbocycles. The quantitative estimate of drug-likeness (QED) is 0.842. The van der Waals surface area contributed by atoms with Gasteiger partial charge in [-0.2, -0.15) is 0 Å². The number of hydrogen-bond acceptors (Lipinski definition) is 5. The molecule has 0 amide bonds. The number of rotatable bonds is 3. The predicted molar refractivity (Wildman–Crippen MR) is 67.7 cm³/mol. The first-order valence-corrected chi connectivity index (χ1v) is 6.15. The number of hydrogen-bond donors (Lipinski definition) is 1. The van der Waals surface area contributed by atoms with E-state index in [9.17, 15) is 0 Å². The molecule has 2 N–H and O–H groups in total. The highest BCUT2D eigenvalue weighted by Gasteiger charge is 2.03. The molecule has 2 heterocycles. The summed E-state index contributed by atoms with van der Waals surface area (Å²) in [6.45, 7) is 3.88. The molecule has 0 radical (unpaired) electrons. The van der Waals surface area contributed by atoms with E-state index < -0.39 is 0 Å². The van der Waals surface area contributed by atoms with Crippen molar-refractivity contribution in [3.05, 3.63) is 42.0 Å². The third kappa shape index (κ3) is 3.25. The maximum absolute atomic E-state index is 5.74. The van der Waals surface area contributed by atoms with Crippen molar-refractivity contribution >= 4 is 11.8 Å². The van der Waals surface area contributed by atoms with Crippen LogP contribution in [0.3, 0.4) is 0 Å². The zero-order valence-electron chi connectivity index (χ0n) is 9.79. The highest BCUT2D eigenvalue weighted by molar-refractivity contribution is 7.99. The van der Waals surface area contributed by atoms with E-state index in [2.05, 4.69) is 15.0 Å². The normalized spacial score (nSPS) is 12.4. The largest absolute Gasteiger partial charge is 0.323 e. The van der Waals surface area contributed by atoms with Gasteiger partial charge in [-0.25, -0.2) is 9.97 Å². The van der Waals surface area contributed by atoms with Crippen LogP contribution in [-0.4, -0.2) is 15.0 Å². The number of aromatic nitrogens is 3. The molecule has 4 nitrogen and oxygen atoms in total. The summed E-state index contributed by atoms with van der Waals surface area (Å²) in [5.41, 5.74) is 7.68. The van der Waals surface area contributed by atoms with Crippen molar-refractivity contribution in [2.75, 3.05) is 0 Å². The predicted octanol–water partition coefficient (Wildman–Crippen LogP) is 2.35. The summed E-state index contributed by atoms with van der Waals surface area (Å²) in [5.74, 6) is 0. The van der Waals surface area contributed by atoms with E-state index in [1.807, 2.05) is 26.0 Å². The minimum absolute atomic E-state index is 0.0373. The standard InChI is InChI=1S/C12H14N4S/c1-8-5-15-12(16-6-8)17-10-3-4-11(9(2)13)14-7-10/h3-7,9H,13H2,1-2H3. The molecule has 0 saturated heterocycles. The molecule has 0 spiro atoms. The van der Waals surface area contributed by atoms with Gasteiger partial charge < -0.3 is 5.73 Å².